The number of nitrogens with zero attached hydrogens (tertiary/aromatic N) is 2. The molecule has 2 rings (SSSR count). The van der Waals surface area contributed by atoms with Gasteiger partial charge in [-0.05, 0) is 12.1 Å². The highest BCUT2D eigenvalue weighted by molar-refractivity contribution is 7.94. The average Bonchev–Trinajstić information content (AvgIpc) is 2.95. The molecule has 0 atom stereocenters. The summed E-state index contributed by atoms with van der Waals surface area (Å²) in [6, 6.07) is 4.75. The first-order valence-electron chi connectivity index (χ1n) is 5.72. The highest BCUT2D eigenvalue weighted by atomic mass is 32.2. The van der Waals surface area contributed by atoms with Crippen LogP contribution in [0.15, 0.2) is 28.6 Å². The Kier molecular flexibility index (Phi) is 4.09. The quantitative estimate of drug-likeness (QED) is 0.858. The molecule has 2 N–H and O–H groups in total. The SMILES string of the molecule is CC(=O)NCc1ccc(S(=O)(=O)Nc2ccn(C)n2)s1. The van der Waals surface area contributed by atoms with E-state index in [0.29, 0.717) is 6.54 Å². The number of thiophene rings is 1. The van der Waals surface area contributed by atoms with Crippen LogP contribution < -0.4 is 10.0 Å². The first-order valence-corrected chi connectivity index (χ1v) is 8.02. The standard InChI is InChI=1S/C11H14N4O3S2/c1-8(16)12-7-9-3-4-11(19-9)20(17,18)14-10-5-6-15(2)13-10/h3-6H,7H2,1-2H3,(H,12,16)(H,13,14). The molecule has 0 unspecified atom stereocenters. The monoisotopic (exact) mass is 314 g/mol. The molecular weight excluding hydrogens is 300 g/mol. The van der Waals surface area contributed by atoms with Gasteiger partial charge in [0, 0.05) is 31.1 Å². The number of aryl methyl sites for hydroxylation is 1. The molecule has 0 aromatic carbocycles. The Labute approximate surface area is 120 Å². The van der Waals surface area contributed by atoms with E-state index in [1.54, 1.807) is 25.4 Å². The summed E-state index contributed by atoms with van der Waals surface area (Å²) in [5.74, 6) is 0.110. The molecular formula is C11H14N4O3S2. The molecule has 108 valence electrons. The zero-order valence-corrected chi connectivity index (χ0v) is 12.6. The molecule has 0 bridgehead atoms. The maximum Gasteiger partial charge on any atom is 0.272 e. The van der Waals surface area contributed by atoms with Gasteiger partial charge in [0.2, 0.25) is 5.91 Å². The normalized spacial score (nSPS) is 11.3. The number of hydrogen-bond donors (Lipinski definition) is 2. The number of nitrogens with one attached hydrogen (secondary N) is 2. The second kappa shape index (κ2) is 5.63. The zero-order valence-electron chi connectivity index (χ0n) is 11.0. The van der Waals surface area contributed by atoms with Gasteiger partial charge in [-0.15, -0.1) is 11.3 Å². The van der Waals surface area contributed by atoms with E-state index in [0.717, 1.165) is 16.2 Å². The first-order chi connectivity index (χ1) is 9.37. The zero-order chi connectivity index (χ0) is 14.8. The summed E-state index contributed by atoms with van der Waals surface area (Å²) in [6.45, 7) is 1.73. The van der Waals surface area contributed by atoms with Crippen molar-refractivity contribution in [3.8, 4) is 0 Å². The van der Waals surface area contributed by atoms with E-state index in [-0.39, 0.29) is 15.9 Å². The number of carbonyl (C=O) groups is 1. The Hall–Kier alpha value is -1.87. The molecule has 7 nitrogen and oxygen atoms in total. The molecule has 0 aliphatic rings. The molecule has 2 heterocycles. The molecule has 2 aromatic heterocycles. The van der Waals surface area contributed by atoms with Crippen LogP contribution in [0.3, 0.4) is 0 Å². The largest absolute Gasteiger partial charge is 0.351 e. The smallest absolute Gasteiger partial charge is 0.272 e. The third kappa shape index (κ3) is 3.58. The molecule has 9 heteroatoms. The van der Waals surface area contributed by atoms with Crippen LogP contribution >= 0.6 is 11.3 Å². The minimum absolute atomic E-state index is 0.158. The molecule has 0 saturated heterocycles. The Morgan fingerprint density at radius 1 is 1.40 bits per heavy atom. The van der Waals surface area contributed by atoms with Gasteiger partial charge in [-0.25, -0.2) is 8.42 Å². The Bertz CT molecular complexity index is 718. The highest BCUT2D eigenvalue weighted by Gasteiger charge is 2.18. The van der Waals surface area contributed by atoms with Crippen LogP contribution in [0.2, 0.25) is 0 Å². The lowest BCUT2D eigenvalue weighted by molar-refractivity contribution is -0.119. The van der Waals surface area contributed by atoms with Crippen LogP contribution in [0.5, 0.6) is 0 Å². The molecule has 0 spiro atoms. The summed E-state index contributed by atoms with van der Waals surface area (Å²) in [5, 5.41) is 6.58. The van der Waals surface area contributed by atoms with Crippen molar-refractivity contribution in [2.45, 2.75) is 17.7 Å². The fraction of sp³-hybridized carbons (Fsp3) is 0.273. The van der Waals surface area contributed by atoms with E-state index in [4.69, 9.17) is 0 Å². The number of amides is 1. The average molecular weight is 314 g/mol. The second-order valence-electron chi connectivity index (χ2n) is 4.11. The van der Waals surface area contributed by atoms with Crippen molar-refractivity contribution < 1.29 is 13.2 Å². The van der Waals surface area contributed by atoms with Gasteiger partial charge in [-0.3, -0.25) is 14.2 Å². The van der Waals surface area contributed by atoms with Crippen LogP contribution in [0.4, 0.5) is 5.82 Å². The number of aromatic nitrogens is 2. The summed E-state index contributed by atoms with van der Waals surface area (Å²) in [4.78, 5) is 11.6. The van der Waals surface area contributed by atoms with Gasteiger partial charge < -0.3 is 5.32 Å². The van der Waals surface area contributed by atoms with E-state index in [9.17, 15) is 13.2 Å². The summed E-state index contributed by atoms with van der Waals surface area (Å²) in [6.07, 6.45) is 1.65. The lowest BCUT2D eigenvalue weighted by atomic mass is 10.4. The van der Waals surface area contributed by atoms with Crippen molar-refractivity contribution in [1.82, 2.24) is 15.1 Å². The fourth-order valence-electron chi connectivity index (χ4n) is 1.47. The van der Waals surface area contributed by atoms with Crippen LogP contribution in [0.25, 0.3) is 0 Å². The predicted octanol–water partition coefficient (Wildman–Crippen LogP) is 0.918. The minimum Gasteiger partial charge on any atom is -0.351 e. The molecule has 20 heavy (non-hydrogen) atoms. The number of sulfonamides is 1. The molecule has 0 aliphatic carbocycles. The lowest BCUT2D eigenvalue weighted by Gasteiger charge is -2.02. The van der Waals surface area contributed by atoms with Crippen molar-refractivity contribution in [1.29, 1.82) is 0 Å². The lowest BCUT2D eigenvalue weighted by Crippen LogP contribution is -2.18. The van der Waals surface area contributed by atoms with E-state index in [1.165, 1.54) is 17.7 Å². The van der Waals surface area contributed by atoms with Crippen LogP contribution in [-0.4, -0.2) is 24.1 Å². The second-order valence-corrected chi connectivity index (χ2v) is 7.19. The van der Waals surface area contributed by atoms with Crippen molar-refractivity contribution in [3.05, 3.63) is 29.3 Å². The van der Waals surface area contributed by atoms with Gasteiger partial charge in [0.25, 0.3) is 10.0 Å². The molecule has 0 radical (unpaired) electrons. The first kappa shape index (κ1) is 14.5. The molecule has 0 aliphatic heterocycles. The molecule has 0 saturated carbocycles. The third-order valence-electron chi connectivity index (χ3n) is 2.37. The summed E-state index contributed by atoms with van der Waals surface area (Å²) in [7, 11) is -1.93. The van der Waals surface area contributed by atoms with E-state index < -0.39 is 10.0 Å². The molecule has 1 amide bonds. The van der Waals surface area contributed by atoms with Gasteiger partial charge in [0.15, 0.2) is 5.82 Å². The number of carbonyl (C=O) groups excluding carboxylic acids is 1. The Morgan fingerprint density at radius 3 is 2.75 bits per heavy atom. The summed E-state index contributed by atoms with van der Waals surface area (Å²) < 4.78 is 28.3. The highest BCUT2D eigenvalue weighted by Crippen LogP contribution is 2.23. The third-order valence-corrected chi connectivity index (χ3v) is 5.30. The Balaban J connectivity index is 2.11. The number of anilines is 1. The minimum atomic E-state index is -3.64. The van der Waals surface area contributed by atoms with Gasteiger partial charge in [-0.2, -0.15) is 5.10 Å². The van der Waals surface area contributed by atoms with Crippen molar-refractivity contribution >= 4 is 33.1 Å². The van der Waals surface area contributed by atoms with Crippen molar-refractivity contribution in [3.63, 3.8) is 0 Å². The Morgan fingerprint density at radius 2 is 2.15 bits per heavy atom. The predicted molar refractivity (Wildman–Crippen MR) is 75.9 cm³/mol. The van der Waals surface area contributed by atoms with E-state index in [2.05, 4.69) is 15.1 Å². The van der Waals surface area contributed by atoms with Crippen LogP contribution in [-0.2, 0) is 28.4 Å². The molecule has 0 fully saturated rings. The van der Waals surface area contributed by atoms with E-state index >= 15 is 0 Å². The van der Waals surface area contributed by atoms with E-state index in [1.807, 2.05) is 0 Å². The van der Waals surface area contributed by atoms with Gasteiger partial charge >= 0.3 is 0 Å². The van der Waals surface area contributed by atoms with Gasteiger partial charge in [-0.1, -0.05) is 0 Å². The van der Waals surface area contributed by atoms with Crippen molar-refractivity contribution in [2.24, 2.45) is 7.05 Å². The number of rotatable bonds is 5. The maximum atomic E-state index is 12.1. The summed E-state index contributed by atoms with van der Waals surface area (Å²) in [5.41, 5.74) is 0. The fourth-order valence-corrected chi connectivity index (χ4v) is 3.76. The summed E-state index contributed by atoms with van der Waals surface area (Å²) >= 11 is 1.11. The number of hydrogen-bond acceptors (Lipinski definition) is 5. The van der Waals surface area contributed by atoms with Crippen LogP contribution in [0.1, 0.15) is 11.8 Å². The molecule has 2 aromatic rings. The van der Waals surface area contributed by atoms with Gasteiger partial charge in [0.1, 0.15) is 4.21 Å². The maximum absolute atomic E-state index is 12.1. The topological polar surface area (TPSA) is 93.1 Å². The van der Waals surface area contributed by atoms with Gasteiger partial charge in [0.05, 0.1) is 6.54 Å². The van der Waals surface area contributed by atoms with Crippen LogP contribution in [0, 0.1) is 0 Å². The van der Waals surface area contributed by atoms with Crippen molar-refractivity contribution in [2.75, 3.05) is 4.72 Å².